The first-order valence-corrected chi connectivity index (χ1v) is 9.48. The zero-order valence-electron chi connectivity index (χ0n) is 15.6. The Balaban J connectivity index is 1.52. The molecule has 0 aliphatic carbocycles. The normalized spacial score (nSPS) is 25.1. The number of carbonyl (C=O) groups excluding carboxylic acids is 2. The van der Waals surface area contributed by atoms with Gasteiger partial charge in [-0.15, -0.1) is 0 Å². The van der Waals surface area contributed by atoms with Crippen LogP contribution in [-0.2, 0) is 9.53 Å². The highest BCUT2D eigenvalue weighted by molar-refractivity contribution is 5.95. The highest BCUT2D eigenvalue weighted by atomic mass is 16.5. The van der Waals surface area contributed by atoms with Crippen LogP contribution in [0.2, 0.25) is 0 Å². The number of nitrogens with zero attached hydrogens (tertiary/aromatic N) is 3. The molecule has 3 aliphatic rings. The number of amides is 2. The van der Waals surface area contributed by atoms with Gasteiger partial charge in [-0.05, 0) is 12.1 Å². The van der Waals surface area contributed by atoms with E-state index in [1.165, 1.54) is 0 Å². The first-order valence-electron chi connectivity index (χ1n) is 9.48. The van der Waals surface area contributed by atoms with Gasteiger partial charge < -0.3 is 14.5 Å². The van der Waals surface area contributed by atoms with Crippen molar-refractivity contribution in [2.45, 2.75) is 25.4 Å². The summed E-state index contributed by atoms with van der Waals surface area (Å²) >= 11 is 0. The molecule has 0 saturated carbocycles. The van der Waals surface area contributed by atoms with Gasteiger partial charge in [0.15, 0.2) is 0 Å². The van der Waals surface area contributed by atoms with Crippen LogP contribution in [-0.4, -0.2) is 84.0 Å². The Hall–Kier alpha value is -1.92. The largest absolute Gasteiger partial charge is 0.378 e. The number of carbonyl (C=O) groups is 2. The van der Waals surface area contributed by atoms with Crippen molar-refractivity contribution in [3.63, 3.8) is 0 Å². The Kier molecular flexibility index (Phi) is 4.49. The summed E-state index contributed by atoms with van der Waals surface area (Å²) in [5.41, 5.74) is 0.605. The molecule has 6 heteroatoms. The van der Waals surface area contributed by atoms with E-state index < -0.39 is 0 Å². The number of piperazine rings is 1. The van der Waals surface area contributed by atoms with Crippen LogP contribution in [0.1, 0.15) is 24.2 Å². The number of morpholine rings is 1. The number of likely N-dealkylation sites (tertiary alicyclic amines) is 1. The molecule has 0 radical (unpaired) electrons. The molecule has 1 atom stereocenters. The molecule has 0 unspecified atom stereocenters. The lowest BCUT2D eigenvalue weighted by atomic mass is 9.82. The Bertz CT molecular complexity index is 685. The molecule has 3 saturated heterocycles. The Labute approximate surface area is 154 Å². The van der Waals surface area contributed by atoms with Crippen molar-refractivity contribution < 1.29 is 14.3 Å². The van der Waals surface area contributed by atoms with Gasteiger partial charge in [0, 0.05) is 44.2 Å². The lowest BCUT2D eigenvalue weighted by molar-refractivity contribution is -0.170. The molecule has 6 nitrogen and oxygen atoms in total. The van der Waals surface area contributed by atoms with Gasteiger partial charge >= 0.3 is 0 Å². The summed E-state index contributed by atoms with van der Waals surface area (Å²) < 4.78 is 5.67. The fraction of sp³-hybridized carbons (Fsp3) is 0.600. The second-order valence-electron chi connectivity index (χ2n) is 8.05. The van der Waals surface area contributed by atoms with Gasteiger partial charge in [-0.1, -0.05) is 32.0 Å². The van der Waals surface area contributed by atoms with Crippen molar-refractivity contribution in [2.24, 2.45) is 5.92 Å². The maximum atomic E-state index is 12.7. The summed E-state index contributed by atoms with van der Waals surface area (Å²) in [6, 6.07) is 9.66. The van der Waals surface area contributed by atoms with E-state index in [1.54, 1.807) is 0 Å². The predicted molar refractivity (Wildman–Crippen MR) is 97.8 cm³/mol. The molecule has 2 amide bonds. The summed E-state index contributed by atoms with van der Waals surface area (Å²) in [6.07, 6.45) is 0. The highest BCUT2D eigenvalue weighted by Crippen LogP contribution is 2.36. The summed E-state index contributed by atoms with van der Waals surface area (Å²) in [4.78, 5) is 31.8. The second kappa shape index (κ2) is 6.67. The van der Waals surface area contributed by atoms with Crippen LogP contribution >= 0.6 is 0 Å². The van der Waals surface area contributed by atoms with E-state index in [0.29, 0.717) is 26.2 Å². The lowest BCUT2D eigenvalue weighted by Gasteiger charge is -2.63. The molecule has 1 aromatic carbocycles. The molecule has 140 valence electrons. The molecular formula is C20H27N3O3. The second-order valence-corrected chi connectivity index (χ2v) is 8.05. The molecule has 4 rings (SSSR count). The van der Waals surface area contributed by atoms with E-state index in [2.05, 4.69) is 4.90 Å². The Morgan fingerprint density at radius 1 is 1.12 bits per heavy atom. The smallest absolute Gasteiger partial charge is 0.253 e. The number of benzene rings is 1. The zero-order valence-corrected chi connectivity index (χ0v) is 15.6. The minimum absolute atomic E-state index is 0.00904. The molecule has 0 aromatic heterocycles. The van der Waals surface area contributed by atoms with Crippen molar-refractivity contribution in [3.05, 3.63) is 35.9 Å². The van der Waals surface area contributed by atoms with Crippen molar-refractivity contribution in [1.29, 1.82) is 0 Å². The molecule has 3 aliphatic heterocycles. The third-order valence-corrected chi connectivity index (χ3v) is 5.84. The zero-order chi connectivity index (χ0) is 18.3. The van der Waals surface area contributed by atoms with Crippen LogP contribution in [0.5, 0.6) is 0 Å². The molecule has 3 fully saturated rings. The van der Waals surface area contributed by atoms with E-state index in [9.17, 15) is 9.59 Å². The van der Waals surface area contributed by atoms with E-state index in [0.717, 1.165) is 25.3 Å². The SMILES string of the molecule is CC(C)C(=O)N1C[C@@H]2COCCN2C2(CN(C(=O)c3ccccc3)C2)C1. The monoisotopic (exact) mass is 357 g/mol. The van der Waals surface area contributed by atoms with E-state index in [4.69, 9.17) is 4.74 Å². The van der Waals surface area contributed by atoms with E-state index in [-0.39, 0.29) is 29.3 Å². The van der Waals surface area contributed by atoms with Crippen LogP contribution in [0.25, 0.3) is 0 Å². The maximum Gasteiger partial charge on any atom is 0.253 e. The van der Waals surface area contributed by atoms with Crippen LogP contribution < -0.4 is 0 Å². The van der Waals surface area contributed by atoms with E-state index >= 15 is 0 Å². The maximum absolute atomic E-state index is 12.7. The molecule has 0 bridgehead atoms. The average molecular weight is 357 g/mol. The molecule has 1 aromatic rings. The first kappa shape index (κ1) is 17.5. The standard InChI is InChI=1S/C20H27N3O3/c1-15(2)18(24)21-10-17-11-26-9-8-23(17)20(12-21)13-22(14-20)19(25)16-6-4-3-5-7-16/h3-7,15,17H,8-14H2,1-2H3/t17-/m1/s1. The Morgan fingerprint density at radius 2 is 1.81 bits per heavy atom. The third-order valence-electron chi connectivity index (χ3n) is 5.84. The van der Waals surface area contributed by atoms with Crippen molar-refractivity contribution in [3.8, 4) is 0 Å². The molecule has 26 heavy (non-hydrogen) atoms. The van der Waals surface area contributed by atoms with Gasteiger partial charge in [-0.2, -0.15) is 0 Å². The van der Waals surface area contributed by atoms with Crippen molar-refractivity contribution >= 4 is 11.8 Å². The van der Waals surface area contributed by atoms with Crippen LogP contribution in [0.4, 0.5) is 0 Å². The third kappa shape index (κ3) is 2.91. The molecule has 0 N–H and O–H groups in total. The molecule has 3 heterocycles. The fourth-order valence-corrected chi connectivity index (χ4v) is 4.58. The first-order chi connectivity index (χ1) is 12.5. The van der Waals surface area contributed by atoms with Gasteiger partial charge in [0.05, 0.1) is 24.8 Å². The minimum Gasteiger partial charge on any atom is -0.378 e. The van der Waals surface area contributed by atoms with Crippen molar-refractivity contribution in [1.82, 2.24) is 14.7 Å². The number of fused-ring (bicyclic) bond motifs is 2. The Morgan fingerprint density at radius 3 is 2.50 bits per heavy atom. The number of rotatable bonds is 2. The van der Waals surface area contributed by atoms with E-state index in [1.807, 2.05) is 54.0 Å². The summed E-state index contributed by atoms with van der Waals surface area (Å²) in [6.45, 7) is 8.96. The quantitative estimate of drug-likeness (QED) is 0.795. The lowest BCUT2D eigenvalue weighted by Crippen LogP contribution is -2.81. The van der Waals surface area contributed by atoms with Crippen LogP contribution in [0, 0.1) is 5.92 Å². The molecular weight excluding hydrogens is 330 g/mol. The fourth-order valence-electron chi connectivity index (χ4n) is 4.58. The minimum atomic E-state index is -0.123. The number of ether oxygens (including phenoxy) is 1. The average Bonchev–Trinajstić information content (AvgIpc) is 2.64. The predicted octanol–water partition coefficient (Wildman–Crippen LogP) is 1.08. The van der Waals surface area contributed by atoms with Gasteiger partial charge in [0.25, 0.3) is 5.91 Å². The number of hydrogen-bond acceptors (Lipinski definition) is 4. The summed E-state index contributed by atoms with van der Waals surface area (Å²) in [5.74, 6) is 0.265. The summed E-state index contributed by atoms with van der Waals surface area (Å²) in [5, 5.41) is 0. The van der Waals surface area contributed by atoms with Gasteiger partial charge in [-0.25, -0.2) is 0 Å². The van der Waals surface area contributed by atoms with Gasteiger partial charge in [-0.3, -0.25) is 14.5 Å². The van der Waals surface area contributed by atoms with Crippen LogP contribution in [0.15, 0.2) is 30.3 Å². The van der Waals surface area contributed by atoms with Gasteiger partial charge in [0.2, 0.25) is 5.91 Å². The highest BCUT2D eigenvalue weighted by Gasteiger charge is 2.56. The topological polar surface area (TPSA) is 53.1 Å². The summed E-state index contributed by atoms with van der Waals surface area (Å²) in [7, 11) is 0. The van der Waals surface area contributed by atoms with Crippen LogP contribution in [0.3, 0.4) is 0 Å². The van der Waals surface area contributed by atoms with Crippen molar-refractivity contribution in [2.75, 3.05) is 45.9 Å². The van der Waals surface area contributed by atoms with Gasteiger partial charge in [0.1, 0.15) is 0 Å². The number of hydrogen-bond donors (Lipinski definition) is 0. The molecule has 1 spiro atoms.